The highest BCUT2D eigenvalue weighted by Crippen LogP contribution is 2.49. The van der Waals surface area contributed by atoms with E-state index in [9.17, 15) is 0 Å². The van der Waals surface area contributed by atoms with E-state index in [1.54, 1.807) is 0 Å². The van der Waals surface area contributed by atoms with Gasteiger partial charge in [-0.05, 0) is 63.7 Å². The number of nitrogens with zero attached hydrogens (tertiary/aromatic N) is 1. The highest BCUT2D eigenvalue weighted by atomic mass is 16.3. The summed E-state index contributed by atoms with van der Waals surface area (Å²) in [4.78, 5) is 4.73. The molecule has 2 aromatic heterocycles. The fourth-order valence-corrected chi connectivity index (χ4v) is 5.59. The summed E-state index contributed by atoms with van der Waals surface area (Å²) in [6.45, 7) is 4.64. The van der Waals surface area contributed by atoms with Crippen LogP contribution in [0.15, 0.2) is 108 Å². The summed E-state index contributed by atoms with van der Waals surface area (Å²) in [6.07, 6.45) is 1.90. The van der Waals surface area contributed by atoms with Gasteiger partial charge in [-0.1, -0.05) is 80.6 Å². The van der Waals surface area contributed by atoms with Crippen LogP contribution in [0, 0.1) is 0 Å². The number of aromatic nitrogens is 1. The molecule has 0 aliphatic heterocycles. The van der Waals surface area contributed by atoms with Gasteiger partial charge in [0.05, 0.1) is 5.69 Å². The molecule has 0 unspecified atom stereocenters. The molecule has 0 spiro atoms. The Labute approximate surface area is 198 Å². The summed E-state index contributed by atoms with van der Waals surface area (Å²) >= 11 is 0. The van der Waals surface area contributed by atoms with Gasteiger partial charge in [-0.15, -0.1) is 0 Å². The SMILES string of the molecule is CC1(C)c2ccccc2-c2ccc(-c3ccnc(-c4cccc5c4oc4ccccc45)c3)cc21. The predicted molar refractivity (Wildman–Crippen MR) is 140 cm³/mol. The molecule has 2 heterocycles. The van der Waals surface area contributed by atoms with Gasteiger partial charge < -0.3 is 4.42 Å². The molecule has 34 heavy (non-hydrogen) atoms. The molecule has 0 amide bonds. The van der Waals surface area contributed by atoms with Crippen LogP contribution >= 0.6 is 0 Å². The average Bonchev–Trinajstić information content (AvgIpc) is 3.37. The van der Waals surface area contributed by atoms with Crippen LogP contribution in [-0.4, -0.2) is 4.98 Å². The molecule has 0 saturated carbocycles. The zero-order valence-corrected chi connectivity index (χ0v) is 19.2. The van der Waals surface area contributed by atoms with Crippen LogP contribution in [0.5, 0.6) is 0 Å². The van der Waals surface area contributed by atoms with E-state index in [2.05, 4.69) is 98.8 Å². The van der Waals surface area contributed by atoms with Crippen molar-refractivity contribution in [2.45, 2.75) is 19.3 Å². The molecule has 0 fully saturated rings. The van der Waals surface area contributed by atoms with E-state index in [1.807, 2.05) is 18.3 Å². The maximum Gasteiger partial charge on any atom is 0.144 e. The number of pyridine rings is 1. The van der Waals surface area contributed by atoms with Crippen LogP contribution in [-0.2, 0) is 5.41 Å². The van der Waals surface area contributed by atoms with Crippen molar-refractivity contribution < 1.29 is 4.42 Å². The molecule has 162 valence electrons. The molecule has 6 aromatic rings. The minimum Gasteiger partial charge on any atom is -0.455 e. The first-order valence-electron chi connectivity index (χ1n) is 11.7. The van der Waals surface area contributed by atoms with Gasteiger partial charge in [0, 0.05) is 27.9 Å². The third-order valence-corrected chi connectivity index (χ3v) is 7.36. The average molecular weight is 438 g/mol. The summed E-state index contributed by atoms with van der Waals surface area (Å²) in [6, 6.07) is 34.4. The number of furan rings is 1. The Morgan fingerprint density at radius 1 is 0.618 bits per heavy atom. The zero-order valence-electron chi connectivity index (χ0n) is 19.2. The second kappa shape index (κ2) is 6.91. The van der Waals surface area contributed by atoms with Crippen molar-refractivity contribution in [2.24, 2.45) is 0 Å². The Balaban J connectivity index is 1.37. The van der Waals surface area contributed by atoms with Crippen LogP contribution in [0.4, 0.5) is 0 Å². The monoisotopic (exact) mass is 437 g/mol. The second-order valence-corrected chi connectivity index (χ2v) is 9.64. The van der Waals surface area contributed by atoms with E-state index in [0.717, 1.165) is 38.8 Å². The van der Waals surface area contributed by atoms with Crippen LogP contribution in [0.3, 0.4) is 0 Å². The van der Waals surface area contributed by atoms with Crippen molar-refractivity contribution in [3.63, 3.8) is 0 Å². The Hall–Kier alpha value is -4.17. The van der Waals surface area contributed by atoms with Crippen molar-refractivity contribution in [3.05, 3.63) is 114 Å². The number of hydrogen-bond acceptors (Lipinski definition) is 2. The Kier molecular flexibility index (Phi) is 3.93. The van der Waals surface area contributed by atoms with Gasteiger partial charge in [-0.25, -0.2) is 0 Å². The highest BCUT2D eigenvalue weighted by molar-refractivity contribution is 6.09. The summed E-state index contributed by atoms with van der Waals surface area (Å²) in [5.41, 5.74) is 11.5. The lowest BCUT2D eigenvalue weighted by molar-refractivity contribution is 0.660. The third-order valence-electron chi connectivity index (χ3n) is 7.36. The van der Waals surface area contributed by atoms with Gasteiger partial charge in [-0.2, -0.15) is 0 Å². The first-order chi connectivity index (χ1) is 16.6. The van der Waals surface area contributed by atoms with Crippen LogP contribution in [0.25, 0.3) is 55.4 Å². The van der Waals surface area contributed by atoms with Crippen molar-refractivity contribution in [3.8, 4) is 33.5 Å². The second-order valence-electron chi connectivity index (χ2n) is 9.64. The fourth-order valence-electron chi connectivity index (χ4n) is 5.59. The molecule has 2 heteroatoms. The zero-order chi connectivity index (χ0) is 22.9. The minimum absolute atomic E-state index is 0.0162. The Morgan fingerprint density at radius 2 is 1.35 bits per heavy atom. The molecule has 1 aliphatic carbocycles. The normalized spacial score (nSPS) is 13.8. The van der Waals surface area contributed by atoms with Crippen molar-refractivity contribution in [1.82, 2.24) is 4.98 Å². The number of para-hydroxylation sites is 2. The molecule has 0 saturated heterocycles. The van der Waals surface area contributed by atoms with Crippen molar-refractivity contribution in [2.75, 3.05) is 0 Å². The number of fused-ring (bicyclic) bond motifs is 6. The van der Waals surface area contributed by atoms with Crippen molar-refractivity contribution in [1.29, 1.82) is 0 Å². The molecule has 7 rings (SSSR count). The van der Waals surface area contributed by atoms with Gasteiger partial charge in [-0.3, -0.25) is 4.98 Å². The number of benzene rings is 4. The molecule has 0 atom stereocenters. The topological polar surface area (TPSA) is 26.0 Å². The standard InChI is InChI=1S/C32H23NO/c1-32(2)27-12-5-3-8-22(27)23-15-14-20(18-28(23)32)21-16-17-33-29(19-21)26-11-7-10-25-24-9-4-6-13-30(24)34-31(25)26/h3-19H,1-2H3. The van der Waals surface area contributed by atoms with Gasteiger partial charge in [0.15, 0.2) is 0 Å². The lowest BCUT2D eigenvalue weighted by Gasteiger charge is -2.22. The first-order valence-corrected chi connectivity index (χ1v) is 11.7. The summed E-state index contributed by atoms with van der Waals surface area (Å²) in [5.74, 6) is 0. The summed E-state index contributed by atoms with van der Waals surface area (Å²) in [5, 5.41) is 2.26. The number of rotatable bonds is 2. The molecule has 0 radical (unpaired) electrons. The highest BCUT2D eigenvalue weighted by Gasteiger charge is 2.35. The molecule has 1 aliphatic rings. The van der Waals surface area contributed by atoms with Crippen LogP contribution < -0.4 is 0 Å². The predicted octanol–water partition coefficient (Wildman–Crippen LogP) is 8.62. The Bertz CT molecular complexity index is 1740. The van der Waals surface area contributed by atoms with E-state index in [-0.39, 0.29) is 5.41 Å². The third kappa shape index (κ3) is 2.66. The van der Waals surface area contributed by atoms with E-state index in [1.165, 1.54) is 27.8 Å². The first kappa shape index (κ1) is 19.3. The summed E-state index contributed by atoms with van der Waals surface area (Å²) in [7, 11) is 0. The fraction of sp³-hybridized carbons (Fsp3) is 0.0938. The molecular formula is C32H23NO. The van der Waals surface area contributed by atoms with E-state index in [4.69, 9.17) is 9.40 Å². The van der Waals surface area contributed by atoms with E-state index >= 15 is 0 Å². The molecule has 0 N–H and O–H groups in total. The maximum atomic E-state index is 6.27. The van der Waals surface area contributed by atoms with Crippen LogP contribution in [0.2, 0.25) is 0 Å². The molecular weight excluding hydrogens is 414 g/mol. The quantitative estimate of drug-likeness (QED) is 0.271. The van der Waals surface area contributed by atoms with Crippen molar-refractivity contribution >= 4 is 21.9 Å². The molecule has 2 nitrogen and oxygen atoms in total. The lowest BCUT2D eigenvalue weighted by atomic mass is 9.81. The van der Waals surface area contributed by atoms with E-state index < -0.39 is 0 Å². The largest absolute Gasteiger partial charge is 0.455 e. The van der Waals surface area contributed by atoms with Gasteiger partial charge in [0.25, 0.3) is 0 Å². The Morgan fingerprint density at radius 3 is 2.29 bits per heavy atom. The van der Waals surface area contributed by atoms with E-state index in [0.29, 0.717) is 0 Å². The van der Waals surface area contributed by atoms with Gasteiger partial charge in [0.2, 0.25) is 0 Å². The van der Waals surface area contributed by atoms with Gasteiger partial charge >= 0.3 is 0 Å². The van der Waals surface area contributed by atoms with Crippen LogP contribution in [0.1, 0.15) is 25.0 Å². The van der Waals surface area contributed by atoms with Gasteiger partial charge in [0.1, 0.15) is 11.2 Å². The lowest BCUT2D eigenvalue weighted by Crippen LogP contribution is -2.14. The minimum atomic E-state index is -0.0162. The molecule has 0 bridgehead atoms. The molecule has 4 aromatic carbocycles. The summed E-state index contributed by atoms with van der Waals surface area (Å²) < 4.78 is 6.27. The smallest absolute Gasteiger partial charge is 0.144 e. The number of hydrogen-bond donors (Lipinski definition) is 0. The maximum absolute atomic E-state index is 6.27.